The van der Waals surface area contributed by atoms with Gasteiger partial charge in [-0.25, -0.2) is 4.79 Å². The molecule has 8 nitrogen and oxygen atoms in total. The zero-order valence-electron chi connectivity index (χ0n) is 15.7. The summed E-state index contributed by atoms with van der Waals surface area (Å²) in [7, 11) is 0. The van der Waals surface area contributed by atoms with Crippen molar-refractivity contribution in [1.29, 1.82) is 0 Å². The zero-order chi connectivity index (χ0) is 19.2. The molecule has 1 spiro atoms. The molecule has 8 heteroatoms. The maximum atomic E-state index is 12.4. The lowest BCUT2D eigenvalue weighted by Gasteiger charge is -2.48. The molecular formula is C18H29NO7. The lowest BCUT2D eigenvalue weighted by atomic mass is 9.63. The van der Waals surface area contributed by atoms with Crippen LogP contribution in [-0.2, 0) is 19.0 Å². The SMILES string of the molecule is CC(C)(C)OC(=O)N1CCC(C(=O)O)(C2(O)CCC3(CC2)OCCO3)C1. The molecule has 1 saturated carbocycles. The molecule has 1 atom stereocenters. The third-order valence-electron chi connectivity index (χ3n) is 5.87. The van der Waals surface area contributed by atoms with Crippen molar-refractivity contribution in [3.63, 3.8) is 0 Å². The number of carboxylic acid groups (broad SMARTS) is 1. The van der Waals surface area contributed by atoms with Crippen LogP contribution in [0.25, 0.3) is 0 Å². The highest BCUT2D eigenvalue weighted by atomic mass is 16.7. The van der Waals surface area contributed by atoms with Gasteiger partial charge >= 0.3 is 12.1 Å². The average Bonchev–Trinajstić information content (AvgIpc) is 3.18. The predicted octanol–water partition coefficient (Wildman–Crippen LogP) is 1.75. The second-order valence-electron chi connectivity index (χ2n) is 8.68. The lowest BCUT2D eigenvalue weighted by molar-refractivity contribution is -0.225. The Labute approximate surface area is 153 Å². The number of carbonyl (C=O) groups excluding carboxylic acids is 1. The van der Waals surface area contributed by atoms with Gasteiger partial charge in [0.25, 0.3) is 0 Å². The fraction of sp³-hybridized carbons (Fsp3) is 0.889. The number of hydrogen-bond donors (Lipinski definition) is 2. The molecule has 1 unspecified atom stereocenters. The molecule has 2 N–H and O–H groups in total. The Morgan fingerprint density at radius 3 is 2.12 bits per heavy atom. The summed E-state index contributed by atoms with van der Waals surface area (Å²) in [4.78, 5) is 25.9. The van der Waals surface area contributed by atoms with Crippen molar-refractivity contribution in [2.45, 2.75) is 69.9 Å². The Kier molecular flexibility index (Phi) is 4.74. The number of carboxylic acids is 1. The van der Waals surface area contributed by atoms with Crippen LogP contribution >= 0.6 is 0 Å². The fourth-order valence-corrected chi connectivity index (χ4v) is 4.35. The van der Waals surface area contributed by atoms with Crippen LogP contribution in [0, 0.1) is 5.41 Å². The van der Waals surface area contributed by atoms with Crippen LogP contribution in [0.2, 0.25) is 0 Å². The maximum absolute atomic E-state index is 12.4. The highest BCUT2D eigenvalue weighted by Gasteiger charge is 2.62. The minimum atomic E-state index is -1.41. The van der Waals surface area contributed by atoms with E-state index in [-0.39, 0.29) is 32.4 Å². The van der Waals surface area contributed by atoms with Gasteiger partial charge in [-0.3, -0.25) is 4.79 Å². The second-order valence-corrected chi connectivity index (χ2v) is 8.68. The first-order valence-corrected chi connectivity index (χ1v) is 9.23. The molecule has 26 heavy (non-hydrogen) atoms. The van der Waals surface area contributed by atoms with Crippen molar-refractivity contribution >= 4 is 12.1 Å². The van der Waals surface area contributed by atoms with E-state index in [4.69, 9.17) is 14.2 Å². The summed E-state index contributed by atoms with van der Waals surface area (Å²) in [5.41, 5.74) is -3.46. The molecule has 3 rings (SSSR count). The van der Waals surface area contributed by atoms with Gasteiger partial charge in [-0.05, 0) is 40.0 Å². The van der Waals surface area contributed by atoms with Crippen LogP contribution in [-0.4, -0.2) is 70.5 Å². The fourth-order valence-electron chi connectivity index (χ4n) is 4.35. The largest absolute Gasteiger partial charge is 0.481 e. The number of rotatable bonds is 2. The summed E-state index contributed by atoms with van der Waals surface area (Å²) in [5.74, 6) is -1.76. The van der Waals surface area contributed by atoms with Crippen molar-refractivity contribution in [3.05, 3.63) is 0 Å². The molecule has 0 aromatic rings. The van der Waals surface area contributed by atoms with Crippen molar-refractivity contribution in [3.8, 4) is 0 Å². The van der Waals surface area contributed by atoms with E-state index in [1.165, 1.54) is 4.90 Å². The van der Waals surface area contributed by atoms with Crippen LogP contribution in [0.3, 0.4) is 0 Å². The van der Waals surface area contributed by atoms with Crippen molar-refractivity contribution < 1.29 is 34.0 Å². The molecular weight excluding hydrogens is 342 g/mol. The van der Waals surface area contributed by atoms with Crippen molar-refractivity contribution in [1.82, 2.24) is 4.90 Å². The highest BCUT2D eigenvalue weighted by molar-refractivity contribution is 5.79. The van der Waals surface area contributed by atoms with E-state index in [9.17, 15) is 19.8 Å². The van der Waals surface area contributed by atoms with E-state index in [1.54, 1.807) is 20.8 Å². The number of amides is 1. The van der Waals surface area contributed by atoms with Gasteiger partial charge in [-0.15, -0.1) is 0 Å². The van der Waals surface area contributed by atoms with Crippen molar-refractivity contribution in [2.24, 2.45) is 5.41 Å². The third-order valence-corrected chi connectivity index (χ3v) is 5.87. The average molecular weight is 371 g/mol. The smallest absolute Gasteiger partial charge is 0.410 e. The maximum Gasteiger partial charge on any atom is 0.410 e. The molecule has 0 bridgehead atoms. The molecule has 0 aromatic carbocycles. The summed E-state index contributed by atoms with van der Waals surface area (Å²) in [5, 5.41) is 21.3. The van der Waals surface area contributed by atoms with Gasteiger partial charge in [0, 0.05) is 25.9 Å². The number of nitrogens with zero attached hydrogens (tertiary/aromatic N) is 1. The van der Waals surface area contributed by atoms with Gasteiger partial charge < -0.3 is 29.3 Å². The zero-order valence-corrected chi connectivity index (χ0v) is 15.7. The minimum Gasteiger partial charge on any atom is -0.481 e. The van der Waals surface area contributed by atoms with Crippen LogP contribution < -0.4 is 0 Å². The second kappa shape index (κ2) is 6.35. The van der Waals surface area contributed by atoms with E-state index >= 15 is 0 Å². The van der Waals surface area contributed by atoms with E-state index in [1.807, 2.05) is 0 Å². The molecule has 0 radical (unpaired) electrons. The normalized spacial score (nSPS) is 30.5. The molecule has 2 saturated heterocycles. The highest BCUT2D eigenvalue weighted by Crippen LogP contribution is 2.51. The summed E-state index contributed by atoms with van der Waals surface area (Å²) in [6.07, 6.45) is 1.09. The monoisotopic (exact) mass is 371 g/mol. The first kappa shape index (κ1) is 19.4. The number of carbonyl (C=O) groups is 2. The van der Waals surface area contributed by atoms with Gasteiger partial charge in [0.1, 0.15) is 11.0 Å². The number of hydrogen-bond acceptors (Lipinski definition) is 6. The first-order chi connectivity index (χ1) is 12.0. The predicted molar refractivity (Wildman–Crippen MR) is 90.5 cm³/mol. The molecule has 1 amide bonds. The Hall–Kier alpha value is -1.38. The Balaban J connectivity index is 1.75. The van der Waals surface area contributed by atoms with E-state index in [0.717, 1.165) is 0 Å². The molecule has 0 aromatic heterocycles. The summed E-state index contributed by atoms with van der Waals surface area (Å²) in [6, 6.07) is 0. The third kappa shape index (κ3) is 3.30. The Morgan fingerprint density at radius 1 is 1.04 bits per heavy atom. The van der Waals surface area contributed by atoms with Crippen LogP contribution in [0.1, 0.15) is 52.9 Å². The standard InChI is InChI=1S/C18H29NO7/c1-15(2,3)26-14(22)19-9-8-16(12-19,13(20)21)17(23)4-6-18(7-5-17)24-10-11-25-18/h23H,4-12H2,1-3H3,(H,20,21). The molecule has 148 valence electrons. The molecule has 3 aliphatic rings. The van der Waals surface area contributed by atoms with Crippen LogP contribution in [0.5, 0.6) is 0 Å². The summed E-state index contributed by atoms with van der Waals surface area (Å²) < 4.78 is 16.7. The minimum absolute atomic E-state index is 0.0531. The molecule has 2 aliphatic heterocycles. The molecule has 2 heterocycles. The van der Waals surface area contributed by atoms with Crippen molar-refractivity contribution in [2.75, 3.05) is 26.3 Å². The summed E-state index contributed by atoms with van der Waals surface area (Å²) in [6.45, 7) is 6.54. The number of ether oxygens (including phenoxy) is 3. The van der Waals surface area contributed by atoms with Crippen LogP contribution in [0.4, 0.5) is 4.79 Å². The lowest BCUT2D eigenvalue weighted by Crippen LogP contribution is -2.58. The van der Waals surface area contributed by atoms with E-state index in [2.05, 4.69) is 0 Å². The van der Waals surface area contributed by atoms with Gasteiger partial charge in [-0.2, -0.15) is 0 Å². The van der Waals surface area contributed by atoms with Gasteiger partial charge in [0.05, 0.1) is 18.8 Å². The Bertz CT molecular complexity index is 569. The number of aliphatic carboxylic acids is 1. The van der Waals surface area contributed by atoms with Gasteiger partial charge in [-0.1, -0.05) is 0 Å². The number of aliphatic hydroxyl groups is 1. The topological polar surface area (TPSA) is 106 Å². The first-order valence-electron chi connectivity index (χ1n) is 9.23. The number of likely N-dealkylation sites (tertiary alicyclic amines) is 1. The van der Waals surface area contributed by atoms with E-state index < -0.39 is 34.5 Å². The molecule has 3 fully saturated rings. The Morgan fingerprint density at radius 2 is 1.62 bits per heavy atom. The van der Waals surface area contributed by atoms with E-state index in [0.29, 0.717) is 26.1 Å². The molecule has 1 aliphatic carbocycles. The van der Waals surface area contributed by atoms with Crippen LogP contribution in [0.15, 0.2) is 0 Å². The summed E-state index contributed by atoms with van der Waals surface area (Å²) >= 11 is 0. The van der Waals surface area contributed by atoms with Gasteiger partial charge in [0.2, 0.25) is 0 Å². The van der Waals surface area contributed by atoms with Gasteiger partial charge in [0.15, 0.2) is 5.79 Å². The quantitative estimate of drug-likeness (QED) is 0.762.